The molecule has 3 aliphatic heterocycles. The molecule has 1 saturated carbocycles. The molecule has 4 aliphatic rings. The highest BCUT2D eigenvalue weighted by Crippen LogP contribution is 2.46. The molecule has 2 atom stereocenters. The maximum absolute atomic E-state index is 4.92. The normalized spacial score (nSPS) is 26.8. The van der Waals surface area contributed by atoms with Gasteiger partial charge in [0.15, 0.2) is 0 Å². The number of nitrogens with zero attached hydrogens (tertiary/aromatic N) is 4. The van der Waals surface area contributed by atoms with Gasteiger partial charge in [-0.15, -0.1) is 0 Å². The molecule has 2 aromatic rings. The molecule has 4 heterocycles. The number of piperazine rings is 1. The molecule has 0 amide bonds. The van der Waals surface area contributed by atoms with Gasteiger partial charge in [0.05, 0.1) is 32.8 Å². The Kier molecular flexibility index (Phi) is 5.72. The molecule has 170 valence electrons. The van der Waals surface area contributed by atoms with Crippen LogP contribution < -0.4 is 10.2 Å². The molecule has 0 spiro atoms. The highest BCUT2D eigenvalue weighted by molar-refractivity contribution is 14.2. The second-order valence-electron chi connectivity index (χ2n) is 9.87. The van der Waals surface area contributed by atoms with Crippen LogP contribution in [0.25, 0.3) is 0 Å². The van der Waals surface area contributed by atoms with E-state index < -0.39 is 0 Å². The van der Waals surface area contributed by atoms with E-state index >= 15 is 0 Å². The maximum atomic E-state index is 4.92. The van der Waals surface area contributed by atoms with Gasteiger partial charge in [-0.05, 0) is 75.9 Å². The van der Waals surface area contributed by atoms with Gasteiger partial charge in [-0.1, -0.05) is 32.9 Å². The number of fused-ring (bicyclic) bond motifs is 1. The van der Waals surface area contributed by atoms with Gasteiger partial charge in [0.1, 0.15) is 0 Å². The molecule has 5 nitrogen and oxygen atoms in total. The number of hydrogen-bond donors (Lipinski definition) is 1. The van der Waals surface area contributed by atoms with E-state index in [1.54, 1.807) is 7.20 Å². The largest absolute Gasteiger partial charge is 0.367 e. The van der Waals surface area contributed by atoms with Crippen LogP contribution in [0.2, 0.25) is 0 Å². The molecular weight excluding hydrogens is 509 g/mol. The van der Waals surface area contributed by atoms with E-state index in [9.17, 15) is 0 Å². The summed E-state index contributed by atoms with van der Waals surface area (Å²) >= 11 is -0.136. The monoisotopic (exact) mass is 543 g/mol. The predicted molar refractivity (Wildman–Crippen MR) is 142 cm³/mol. The number of anilines is 2. The Bertz CT molecular complexity index is 1020. The quantitative estimate of drug-likeness (QED) is 0.569. The Morgan fingerprint density at radius 3 is 2.56 bits per heavy atom. The van der Waals surface area contributed by atoms with Crippen molar-refractivity contribution in [2.24, 2.45) is 0 Å². The van der Waals surface area contributed by atoms with Crippen molar-refractivity contribution in [3.8, 4) is 0 Å². The fourth-order valence-corrected chi connectivity index (χ4v) is 8.85. The fourth-order valence-electron chi connectivity index (χ4n) is 5.64. The average molecular weight is 543 g/mol. The first-order valence-electron chi connectivity index (χ1n) is 12.2. The molecule has 0 unspecified atom stereocenters. The van der Waals surface area contributed by atoms with Crippen molar-refractivity contribution in [3.63, 3.8) is 0 Å². The third-order valence-corrected chi connectivity index (χ3v) is 10.8. The van der Waals surface area contributed by atoms with Crippen molar-refractivity contribution >= 4 is 35.7 Å². The number of piperidine rings is 1. The molecule has 2 saturated heterocycles. The van der Waals surface area contributed by atoms with E-state index in [1.807, 2.05) is 6.20 Å². The summed E-state index contributed by atoms with van der Waals surface area (Å²) < 4.78 is 3.17. The van der Waals surface area contributed by atoms with Crippen LogP contribution in [-0.2, 0) is 0 Å². The number of likely N-dealkylation sites (N-methyl/N-ethyl adjacent to an activating group) is 2. The van der Waals surface area contributed by atoms with Gasteiger partial charge in [-0.3, -0.25) is 9.88 Å². The summed E-state index contributed by atoms with van der Waals surface area (Å²) in [5.74, 6) is 0.757. The summed E-state index contributed by atoms with van der Waals surface area (Å²) in [5.41, 5.74) is 5.70. The molecule has 0 bridgehead atoms. The zero-order valence-electron chi connectivity index (χ0n) is 19.2. The summed E-state index contributed by atoms with van der Waals surface area (Å²) in [6, 6.07) is 12.4. The average Bonchev–Trinajstić information content (AvgIpc) is 3.58. The summed E-state index contributed by atoms with van der Waals surface area (Å²) in [7, 11) is 4.58. The van der Waals surface area contributed by atoms with E-state index in [1.165, 1.54) is 54.7 Å². The Hall–Kier alpha value is -1.51. The van der Waals surface area contributed by atoms with Gasteiger partial charge in [-0.2, -0.15) is 0 Å². The van der Waals surface area contributed by atoms with Crippen LogP contribution in [0.5, 0.6) is 0 Å². The first-order chi connectivity index (χ1) is 15.7. The molecule has 0 radical (unpaired) electrons. The lowest BCUT2D eigenvalue weighted by Crippen LogP contribution is -2.46. The number of para-hydroxylation sites is 1. The Morgan fingerprint density at radius 1 is 0.938 bits per heavy atom. The van der Waals surface area contributed by atoms with Gasteiger partial charge in [0.2, 0.25) is 0 Å². The minimum atomic E-state index is -0.136. The molecule has 1 aromatic carbocycles. The van der Waals surface area contributed by atoms with E-state index in [0.29, 0.717) is 12.1 Å². The van der Waals surface area contributed by atoms with Crippen LogP contribution >= 0.6 is 20.7 Å². The molecule has 1 aliphatic carbocycles. The van der Waals surface area contributed by atoms with Crippen molar-refractivity contribution in [3.05, 3.63) is 51.4 Å². The molecule has 6 rings (SSSR count). The zero-order valence-corrected chi connectivity index (χ0v) is 21.4. The molecular formula is C26H34IN5. The number of nitrogens with one attached hydrogen (secondary N) is 1. The van der Waals surface area contributed by atoms with Gasteiger partial charge < -0.3 is 15.1 Å². The Morgan fingerprint density at radius 2 is 1.75 bits per heavy atom. The third-order valence-electron chi connectivity index (χ3n) is 7.72. The van der Waals surface area contributed by atoms with Crippen LogP contribution in [0.4, 0.5) is 11.4 Å². The second-order valence-corrected chi connectivity index (χ2v) is 12.7. The number of aromatic nitrogens is 1. The predicted octanol–water partition coefficient (Wildman–Crippen LogP) is 4.63. The van der Waals surface area contributed by atoms with Gasteiger partial charge >= 0.3 is 0 Å². The van der Waals surface area contributed by atoms with Crippen LogP contribution in [-0.4, -0.2) is 64.7 Å². The van der Waals surface area contributed by atoms with Crippen molar-refractivity contribution in [2.75, 3.05) is 50.5 Å². The van der Waals surface area contributed by atoms with Crippen molar-refractivity contribution in [1.82, 2.24) is 14.8 Å². The SMILES string of the molecule is CN1CCN(c2cccc3c2NC([C@H]2CCC[C@@H](c4ncccc4C4CC4)N2C)=I3)CC1. The minimum absolute atomic E-state index is 0.136. The maximum Gasteiger partial charge on any atom is 0.0755 e. The first-order valence-corrected chi connectivity index (χ1v) is 14.4. The lowest BCUT2D eigenvalue weighted by molar-refractivity contribution is 0.152. The number of hydrogen-bond acceptors (Lipinski definition) is 5. The summed E-state index contributed by atoms with van der Waals surface area (Å²) in [6.07, 6.45) is 8.47. The number of halogens is 1. The Balaban J connectivity index is 1.24. The lowest BCUT2D eigenvalue weighted by Gasteiger charge is -2.40. The van der Waals surface area contributed by atoms with Gasteiger partial charge in [0, 0.05) is 35.9 Å². The molecule has 1 N–H and O–H groups in total. The standard InChI is InChI=1S/C26H34IN5/c1-30-14-16-32(17-15-30)22-9-3-7-20-25(22)29-26(27-20)23-10-4-8-21(31(23)2)24-19(18-11-12-18)6-5-13-28-24/h3,5-7,9,13,18,21,23,29H,4,8,10-12,14-17H2,1-2H3/t21-,23+/m0/s1. The smallest absolute Gasteiger partial charge is 0.0755 e. The Labute approximate surface area is 201 Å². The highest BCUT2D eigenvalue weighted by atomic mass is 127. The summed E-state index contributed by atoms with van der Waals surface area (Å²) in [4.78, 5) is 12.6. The number of benzene rings is 1. The first kappa shape index (κ1) is 21.1. The third kappa shape index (κ3) is 3.88. The van der Waals surface area contributed by atoms with E-state index in [2.05, 4.69) is 64.4 Å². The summed E-state index contributed by atoms with van der Waals surface area (Å²) in [6.45, 7) is 4.54. The van der Waals surface area contributed by atoms with Crippen molar-refractivity contribution in [2.45, 2.75) is 50.1 Å². The number of likely N-dealkylation sites (tertiary alicyclic amines) is 1. The topological polar surface area (TPSA) is 34.6 Å². The van der Waals surface area contributed by atoms with Gasteiger partial charge in [-0.25, -0.2) is 0 Å². The van der Waals surface area contributed by atoms with E-state index in [0.717, 1.165) is 32.1 Å². The van der Waals surface area contributed by atoms with Gasteiger partial charge in [0.25, 0.3) is 0 Å². The van der Waals surface area contributed by atoms with E-state index in [4.69, 9.17) is 4.98 Å². The van der Waals surface area contributed by atoms with Crippen LogP contribution in [0.3, 0.4) is 0 Å². The highest BCUT2D eigenvalue weighted by Gasteiger charge is 2.37. The molecule has 3 fully saturated rings. The van der Waals surface area contributed by atoms with Crippen molar-refractivity contribution < 1.29 is 0 Å². The van der Waals surface area contributed by atoms with Crippen molar-refractivity contribution in [1.29, 1.82) is 0 Å². The zero-order chi connectivity index (χ0) is 21.7. The molecule has 6 heteroatoms. The molecule has 1 aromatic heterocycles. The second kappa shape index (κ2) is 8.69. The molecule has 32 heavy (non-hydrogen) atoms. The minimum Gasteiger partial charge on any atom is -0.367 e. The van der Waals surface area contributed by atoms with Crippen LogP contribution in [0.1, 0.15) is 55.3 Å². The van der Waals surface area contributed by atoms with E-state index in [-0.39, 0.29) is 20.7 Å². The van der Waals surface area contributed by atoms with Crippen LogP contribution in [0.15, 0.2) is 36.5 Å². The fraction of sp³-hybridized carbons (Fsp3) is 0.538. The van der Waals surface area contributed by atoms with Crippen LogP contribution in [0, 0.1) is 3.57 Å². The lowest BCUT2D eigenvalue weighted by atomic mass is 9.91. The summed E-state index contributed by atoms with van der Waals surface area (Å²) in [5, 5.41) is 3.98. The number of pyridine rings is 1. The number of rotatable bonds is 4.